The van der Waals surface area contributed by atoms with Gasteiger partial charge in [0.25, 0.3) is 5.91 Å². The fraction of sp³-hybridized carbons (Fsp3) is 0.417. The Morgan fingerprint density at radius 1 is 1.47 bits per heavy atom. The summed E-state index contributed by atoms with van der Waals surface area (Å²) in [6.45, 7) is 1.97. The van der Waals surface area contributed by atoms with E-state index in [4.69, 9.17) is 0 Å². The van der Waals surface area contributed by atoms with Gasteiger partial charge in [0, 0.05) is 6.04 Å². The van der Waals surface area contributed by atoms with Crippen LogP contribution in [0.2, 0.25) is 0 Å². The third-order valence-corrected chi connectivity index (χ3v) is 2.81. The van der Waals surface area contributed by atoms with Gasteiger partial charge in [-0.05, 0) is 37.8 Å². The molecule has 80 valence electrons. The largest absolute Gasteiger partial charge is 0.349 e. The lowest BCUT2D eigenvalue weighted by atomic mass is 10.1. The lowest BCUT2D eigenvalue weighted by Gasteiger charge is -2.12. The van der Waals surface area contributed by atoms with E-state index in [1.54, 1.807) is 12.1 Å². The van der Waals surface area contributed by atoms with Gasteiger partial charge in [0.05, 0.1) is 5.56 Å². The normalized spacial score (nSPS) is 17.2. The maximum atomic E-state index is 13.2. The molecule has 0 radical (unpaired) electrons. The molecule has 0 heterocycles. The number of rotatable bonds is 3. The molecule has 1 aromatic carbocycles. The van der Waals surface area contributed by atoms with Crippen molar-refractivity contribution in [3.63, 3.8) is 0 Å². The number of benzene rings is 1. The summed E-state index contributed by atoms with van der Waals surface area (Å²) in [6, 6.07) is 6.20. The van der Waals surface area contributed by atoms with Crippen LogP contribution in [0.3, 0.4) is 0 Å². The Balaban J connectivity index is 2.04. The highest BCUT2D eigenvalue weighted by atomic mass is 19.1. The number of amides is 1. The van der Waals surface area contributed by atoms with Gasteiger partial charge >= 0.3 is 0 Å². The Kier molecular flexibility index (Phi) is 2.71. The second-order valence-corrected chi connectivity index (χ2v) is 4.08. The molecular formula is C12H14FNO. The molecule has 1 N–H and O–H groups in total. The first kappa shape index (κ1) is 10.1. The molecule has 15 heavy (non-hydrogen) atoms. The van der Waals surface area contributed by atoms with Gasteiger partial charge in [-0.25, -0.2) is 4.39 Å². The summed E-state index contributed by atoms with van der Waals surface area (Å²) in [5.41, 5.74) is 0.130. The van der Waals surface area contributed by atoms with E-state index in [0.717, 1.165) is 0 Å². The van der Waals surface area contributed by atoms with Crippen LogP contribution in [0.25, 0.3) is 0 Å². The van der Waals surface area contributed by atoms with Crippen LogP contribution in [0, 0.1) is 11.7 Å². The molecule has 0 unspecified atom stereocenters. The molecule has 3 heteroatoms. The van der Waals surface area contributed by atoms with Crippen molar-refractivity contribution in [3.8, 4) is 0 Å². The summed E-state index contributed by atoms with van der Waals surface area (Å²) in [7, 11) is 0. The first-order chi connectivity index (χ1) is 7.18. The van der Waals surface area contributed by atoms with Gasteiger partial charge in [-0.3, -0.25) is 4.79 Å². The summed E-state index contributed by atoms with van der Waals surface area (Å²) < 4.78 is 13.2. The summed E-state index contributed by atoms with van der Waals surface area (Å²) in [5, 5.41) is 2.82. The Bertz CT molecular complexity index is 374. The van der Waals surface area contributed by atoms with E-state index >= 15 is 0 Å². The lowest BCUT2D eigenvalue weighted by molar-refractivity contribution is 0.0932. The van der Waals surface area contributed by atoms with Gasteiger partial charge in [-0.2, -0.15) is 0 Å². The van der Waals surface area contributed by atoms with Crippen molar-refractivity contribution in [1.82, 2.24) is 5.32 Å². The smallest absolute Gasteiger partial charge is 0.254 e. The molecule has 1 aliphatic carbocycles. The van der Waals surface area contributed by atoms with E-state index in [-0.39, 0.29) is 17.5 Å². The standard InChI is InChI=1S/C12H14FNO/c1-8(9-6-7-9)14-12(15)10-4-2-3-5-11(10)13/h2-5,8-9H,6-7H2,1H3,(H,14,15)/t8-/m1/s1. The maximum absolute atomic E-state index is 13.2. The molecule has 0 bridgehead atoms. The molecule has 0 aromatic heterocycles. The zero-order valence-corrected chi connectivity index (χ0v) is 8.66. The molecule has 1 fully saturated rings. The van der Waals surface area contributed by atoms with E-state index in [0.29, 0.717) is 5.92 Å². The highest BCUT2D eigenvalue weighted by Gasteiger charge is 2.29. The molecule has 0 spiro atoms. The maximum Gasteiger partial charge on any atom is 0.254 e. The molecule has 0 saturated heterocycles. The monoisotopic (exact) mass is 207 g/mol. The molecule has 2 nitrogen and oxygen atoms in total. The number of nitrogens with one attached hydrogen (secondary N) is 1. The van der Waals surface area contributed by atoms with E-state index in [9.17, 15) is 9.18 Å². The Morgan fingerprint density at radius 3 is 2.73 bits per heavy atom. The van der Waals surface area contributed by atoms with Crippen molar-refractivity contribution >= 4 is 5.91 Å². The Morgan fingerprint density at radius 2 is 2.13 bits per heavy atom. The summed E-state index contributed by atoms with van der Waals surface area (Å²) >= 11 is 0. The molecule has 2 rings (SSSR count). The van der Waals surface area contributed by atoms with Crippen molar-refractivity contribution in [2.45, 2.75) is 25.8 Å². The second kappa shape index (κ2) is 4.01. The Labute approximate surface area is 88.5 Å². The van der Waals surface area contributed by atoms with Gasteiger partial charge in [0.2, 0.25) is 0 Å². The summed E-state index contributed by atoms with van der Waals surface area (Å²) in [5.74, 6) is -0.189. The van der Waals surface area contributed by atoms with Crippen molar-refractivity contribution < 1.29 is 9.18 Å². The molecule has 1 atom stereocenters. The van der Waals surface area contributed by atoms with Crippen LogP contribution in [0.1, 0.15) is 30.1 Å². The number of halogens is 1. The molecule has 1 aromatic rings. The predicted molar refractivity (Wildman–Crippen MR) is 56.1 cm³/mol. The first-order valence-corrected chi connectivity index (χ1v) is 5.24. The minimum atomic E-state index is -0.460. The highest BCUT2D eigenvalue weighted by molar-refractivity contribution is 5.94. The molecule has 1 aliphatic rings. The van der Waals surface area contributed by atoms with Crippen LogP contribution in [0.15, 0.2) is 24.3 Å². The minimum absolute atomic E-state index is 0.130. The van der Waals surface area contributed by atoms with Crippen molar-refractivity contribution in [3.05, 3.63) is 35.6 Å². The number of hydrogen-bond donors (Lipinski definition) is 1. The number of carbonyl (C=O) groups is 1. The summed E-state index contributed by atoms with van der Waals surface area (Å²) in [6.07, 6.45) is 2.33. The molecular weight excluding hydrogens is 193 g/mol. The van der Waals surface area contributed by atoms with Crippen molar-refractivity contribution in [2.75, 3.05) is 0 Å². The topological polar surface area (TPSA) is 29.1 Å². The van der Waals surface area contributed by atoms with E-state index in [1.807, 2.05) is 6.92 Å². The SMILES string of the molecule is C[C@@H](NC(=O)c1ccccc1F)C1CC1. The average Bonchev–Trinajstić information content (AvgIpc) is 3.01. The lowest BCUT2D eigenvalue weighted by Crippen LogP contribution is -2.34. The Hall–Kier alpha value is -1.38. The van der Waals surface area contributed by atoms with Gasteiger partial charge in [-0.15, -0.1) is 0 Å². The summed E-state index contributed by atoms with van der Waals surface area (Å²) in [4.78, 5) is 11.7. The number of hydrogen-bond acceptors (Lipinski definition) is 1. The van der Waals surface area contributed by atoms with Crippen LogP contribution in [-0.2, 0) is 0 Å². The van der Waals surface area contributed by atoms with Crippen molar-refractivity contribution in [2.24, 2.45) is 5.92 Å². The van der Waals surface area contributed by atoms with Gasteiger partial charge in [0.1, 0.15) is 5.82 Å². The van der Waals surface area contributed by atoms with Crippen LogP contribution in [-0.4, -0.2) is 11.9 Å². The van der Waals surface area contributed by atoms with Crippen LogP contribution >= 0.6 is 0 Å². The average molecular weight is 207 g/mol. The van der Waals surface area contributed by atoms with Gasteiger partial charge in [0.15, 0.2) is 0 Å². The molecule has 1 saturated carbocycles. The van der Waals surface area contributed by atoms with E-state index in [1.165, 1.54) is 25.0 Å². The van der Waals surface area contributed by atoms with E-state index < -0.39 is 5.82 Å². The van der Waals surface area contributed by atoms with Crippen LogP contribution < -0.4 is 5.32 Å². The van der Waals surface area contributed by atoms with Gasteiger partial charge < -0.3 is 5.32 Å². The molecule has 0 aliphatic heterocycles. The zero-order chi connectivity index (χ0) is 10.8. The first-order valence-electron chi connectivity index (χ1n) is 5.24. The fourth-order valence-corrected chi connectivity index (χ4v) is 1.64. The minimum Gasteiger partial charge on any atom is -0.349 e. The third kappa shape index (κ3) is 2.35. The predicted octanol–water partition coefficient (Wildman–Crippen LogP) is 2.35. The fourth-order valence-electron chi connectivity index (χ4n) is 1.64. The second-order valence-electron chi connectivity index (χ2n) is 4.08. The third-order valence-electron chi connectivity index (χ3n) is 2.81. The quantitative estimate of drug-likeness (QED) is 0.809. The van der Waals surface area contributed by atoms with Crippen molar-refractivity contribution in [1.29, 1.82) is 0 Å². The van der Waals surface area contributed by atoms with Crippen LogP contribution in [0.4, 0.5) is 4.39 Å². The van der Waals surface area contributed by atoms with Gasteiger partial charge in [-0.1, -0.05) is 12.1 Å². The van der Waals surface area contributed by atoms with Crippen LogP contribution in [0.5, 0.6) is 0 Å². The number of carbonyl (C=O) groups excluding carboxylic acids is 1. The molecule has 1 amide bonds. The van der Waals surface area contributed by atoms with E-state index in [2.05, 4.69) is 5.32 Å². The highest BCUT2D eigenvalue weighted by Crippen LogP contribution is 2.32. The zero-order valence-electron chi connectivity index (χ0n) is 8.66.